The minimum Gasteiger partial charge on any atom is -0.495 e. The number of halogens is 1. The lowest BCUT2D eigenvalue weighted by molar-refractivity contribution is 0.413. The fourth-order valence-corrected chi connectivity index (χ4v) is 4.12. The minimum absolute atomic E-state index is 0.665. The smallest absolute Gasteiger partial charge is 0.168 e. The van der Waals surface area contributed by atoms with Crippen LogP contribution in [-0.4, -0.2) is 53.0 Å². The highest BCUT2D eigenvalue weighted by Crippen LogP contribution is 2.30. The summed E-state index contributed by atoms with van der Waals surface area (Å²) in [5.74, 6) is 1.81. The van der Waals surface area contributed by atoms with E-state index in [-0.39, 0.29) is 0 Å². The zero-order chi connectivity index (χ0) is 20.5. The lowest BCUT2D eigenvalue weighted by Gasteiger charge is -2.37. The van der Waals surface area contributed by atoms with Gasteiger partial charge in [-0.15, -0.1) is 0 Å². The van der Waals surface area contributed by atoms with Gasteiger partial charge in [0.15, 0.2) is 5.65 Å². The van der Waals surface area contributed by atoms with Gasteiger partial charge in [-0.2, -0.15) is 5.10 Å². The van der Waals surface area contributed by atoms with Gasteiger partial charge in [-0.3, -0.25) is 0 Å². The van der Waals surface area contributed by atoms with E-state index in [1.165, 1.54) is 0 Å². The number of benzene rings is 2. The number of aromatic nitrogens is 4. The first-order chi connectivity index (χ1) is 14.7. The molecule has 0 spiro atoms. The van der Waals surface area contributed by atoms with Crippen LogP contribution >= 0.6 is 11.6 Å². The highest BCUT2D eigenvalue weighted by Gasteiger charge is 2.23. The molecule has 0 atom stereocenters. The Hall–Kier alpha value is -3.32. The average molecular weight is 421 g/mol. The number of methoxy groups -OCH3 is 1. The molecule has 152 valence electrons. The van der Waals surface area contributed by atoms with Crippen molar-refractivity contribution in [3.8, 4) is 11.4 Å². The number of hydrogen-bond donors (Lipinski definition) is 0. The fraction of sp³-hybridized carbons (Fsp3) is 0.227. The third-order valence-electron chi connectivity index (χ3n) is 5.40. The van der Waals surface area contributed by atoms with Gasteiger partial charge < -0.3 is 14.5 Å². The van der Waals surface area contributed by atoms with E-state index < -0.39 is 0 Å². The van der Waals surface area contributed by atoms with Crippen molar-refractivity contribution >= 4 is 34.1 Å². The largest absolute Gasteiger partial charge is 0.495 e. The van der Waals surface area contributed by atoms with Crippen molar-refractivity contribution in [2.45, 2.75) is 0 Å². The second-order valence-corrected chi connectivity index (χ2v) is 7.55. The lowest BCUT2D eigenvalue weighted by Crippen LogP contribution is -2.47. The number of fused-ring (bicyclic) bond motifs is 1. The van der Waals surface area contributed by atoms with Crippen molar-refractivity contribution in [1.82, 2.24) is 19.7 Å². The average Bonchev–Trinajstić information content (AvgIpc) is 3.23. The number of piperazine rings is 1. The Morgan fingerprint density at radius 2 is 1.73 bits per heavy atom. The maximum absolute atomic E-state index is 6.16. The Kier molecular flexibility index (Phi) is 4.88. The SMILES string of the molecule is COc1ccccc1N1CCN(c2ncnc3c2cnn3-c2cccc(Cl)c2)CC1. The van der Waals surface area contributed by atoms with Gasteiger partial charge in [-0.05, 0) is 30.3 Å². The van der Waals surface area contributed by atoms with E-state index in [0.717, 1.165) is 60.2 Å². The summed E-state index contributed by atoms with van der Waals surface area (Å²) in [6.07, 6.45) is 3.44. The monoisotopic (exact) mass is 420 g/mol. The molecule has 4 aromatic rings. The van der Waals surface area contributed by atoms with Crippen LogP contribution in [0, 0.1) is 0 Å². The zero-order valence-electron chi connectivity index (χ0n) is 16.6. The first-order valence-electron chi connectivity index (χ1n) is 9.82. The van der Waals surface area contributed by atoms with Crippen molar-refractivity contribution in [2.75, 3.05) is 43.1 Å². The second kappa shape index (κ2) is 7.84. The van der Waals surface area contributed by atoms with Crippen LogP contribution in [0.25, 0.3) is 16.7 Å². The van der Waals surface area contributed by atoms with Crippen LogP contribution in [0.1, 0.15) is 0 Å². The molecular formula is C22H21ClN6O. The molecule has 1 fully saturated rings. The van der Waals surface area contributed by atoms with Gasteiger partial charge in [0.1, 0.15) is 17.9 Å². The lowest BCUT2D eigenvalue weighted by atomic mass is 10.2. The fourth-order valence-electron chi connectivity index (χ4n) is 3.93. The predicted octanol–water partition coefficient (Wildman–Crippen LogP) is 3.80. The van der Waals surface area contributed by atoms with Crippen molar-refractivity contribution in [2.24, 2.45) is 0 Å². The molecule has 2 aromatic carbocycles. The zero-order valence-corrected chi connectivity index (χ0v) is 17.3. The number of nitrogens with zero attached hydrogens (tertiary/aromatic N) is 6. The van der Waals surface area contributed by atoms with Gasteiger partial charge in [0.2, 0.25) is 0 Å². The molecule has 0 N–H and O–H groups in total. The topological polar surface area (TPSA) is 59.3 Å². The van der Waals surface area contributed by atoms with E-state index in [4.69, 9.17) is 16.3 Å². The van der Waals surface area contributed by atoms with E-state index in [1.54, 1.807) is 18.1 Å². The van der Waals surface area contributed by atoms with E-state index in [1.807, 2.05) is 48.7 Å². The summed E-state index contributed by atoms with van der Waals surface area (Å²) >= 11 is 6.16. The molecular weight excluding hydrogens is 400 g/mol. The maximum Gasteiger partial charge on any atom is 0.168 e. The third-order valence-corrected chi connectivity index (χ3v) is 5.64. The molecule has 1 aliphatic rings. The Morgan fingerprint density at radius 1 is 0.933 bits per heavy atom. The van der Waals surface area contributed by atoms with Crippen LogP contribution in [-0.2, 0) is 0 Å². The molecule has 0 amide bonds. The van der Waals surface area contributed by atoms with Crippen molar-refractivity contribution in [3.05, 3.63) is 66.1 Å². The summed E-state index contributed by atoms with van der Waals surface area (Å²) in [7, 11) is 1.71. The summed E-state index contributed by atoms with van der Waals surface area (Å²) in [6.45, 7) is 3.47. The van der Waals surface area contributed by atoms with E-state index >= 15 is 0 Å². The first kappa shape index (κ1) is 18.7. The van der Waals surface area contributed by atoms with Crippen molar-refractivity contribution in [3.63, 3.8) is 0 Å². The number of hydrogen-bond acceptors (Lipinski definition) is 6. The highest BCUT2D eigenvalue weighted by atomic mass is 35.5. The molecule has 2 aromatic heterocycles. The number of rotatable bonds is 4. The molecule has 0 saturated carbocycles. The number of anilines is 2. The molecule has 1 aliphatic heterocycles. The summed E-state index contributed by atoms with van der Waals surface area (Å²) in [4.78, 5) is 13.7. The van der Waals surface area contributed by atoms with Gasteiger partial charge in [0.25, 0.3) is 0 Å². The Bertz CT molecular complexity index is 1190. The van der Waals surface area contributed by atoms with Crippen LogP contribution in [0.5, 0.6) is 5.75 Å². The highest BCUT2D eigenvalue weighted by molar-refractivity contribution is 6.30. The van der Waals surface area contributed by atoms with Crippen LogP contribution in [0.2, 0.25) is 5.02 Å². The predicted molar refractivity (Wildman–Crippen MR) is 119 cm³/mol. The van der Waals surface area contributed by atoms with Crippen molar-refractivity contribution in [1.29, 1.82) is 0 Å². The molecule has 0 radical (unpaired) electrons. The minimum atomic E-state index is 0.665. The van der Waals surface area contributed by atoms with Crippen molar-refractivity contribution < 1.29 is 4.74 Å². The summed E-state index contributed by atoms with van der Waals surface area (Å²) in [6, 6.07) is 15.7. The first-order valence-corrected chi connectivity index (χ1v) is 10.2. The maximum atomic E-state index is 6.16. The molecule has 3 heterocycles. The molecule has 7 nitrogen and oxygen atoms in total. The van der Waals surface area contributed by atoms with Crippen LogP contribution in [0.3, 0.4) is 0 Å². The van der Waals surface area contributed by atoms with Crippen LogP contribution < -0.4 is 14.5 Å². The molecule has 0 unspecified atom stereocenters. The standard InChI is InChI=1S/C22H21ClN6O/c1-30-20-8-3-2-7-19(20)27-9-11-28(12-10-27)21-18-14-26-29(22(18)25-15-24-21)17-6-4-5-16(23)13-17/h2-8,13-15H,9-12H2,1H3. The quantitative estimate of drug-likeness (QED) is 0.500. The number of para-hydroxylation sites is 2. The number of ether oxygens (including phenoxy) is 1. The normalized spacial score (nSPS) is 14.3. The van der Waals surface area contributed by atoms with Gasteiger partial charge in [-0.25, -0.2) is 14.6 Å². The summed E-state index contributed by atoms with van der Waals surface area (Å²) in [5, 5.41) is 6.15. The van der Waals surface area contributed by atoms with Gasteiger partial charge in [0.05, 0.1) is 30.1 Å². The Morgan fingerprint density at radius 3 is 2.53 bits per heavy atom. The molecule has 1 saturated heterocycles. The van der Waals surface area contributed by atoms with Gasteiger partial charge in [-0.1, -0.05) is 29.8 Å². The van der Waals surface area contributed by atoms with Gasteiger partial charge in [0, 0.05) is 31.2 Å². The molecule has 8 heteroatoms. The van der Waals surface area contributed by atoms with Crippen LogP contribution in [0.4, 0.5) is 11.5 Å². The van der Waals surface area contributed by atoms with E-state index in [9.17, 15) is 0 Å². The molecule has 0 bridgehead atoms. The van der Waals surface area contributed by atoms with Gasteiger partial charge >= 0.3 is 0 Å². The Balaban J connectivity index is 1.41. The summed E-state index contributed by atoms with van der Waals surface area (Å²) in [5.41, 5.74) is 2.78. The molecule has 5 rings (SSSR count). The molecule has 30 heavy (non-hydrogen) atoms. The van der Waals surface area contributed by atoms with E-state index in [0.29, 0.717) is 5.02 Å². The summed E-state index contributed by atoms with van der Waals surface area (Å²) < 4.78 is 7.33. The van der Waals surface area contributed by atoms with E-state index in [2.05, 4.69) is 30.9 Å². The Labute approximate surface area is 179 Å². The second-order valence-electron chi connectivity index (χ2n) is 7.12. The third kappa shape index (κ3) is 3.31. The van der Waals surface area contributed by atoms with Crippen LogP contribution in [0.15, 0.2) is 61.1 Å². The molecule has 0 aliphatic carbocycles.